The number of nitrogens with one attached hydrogen (secondary N) is 1. The normalized spacial score (nSPS) is 13.1. The molecule has 0 aliphatic carbocycles. The monoisotopic (exact) mass is 492 g/mol. The summed E-state index contributed by atoms with van der Waals surface area (Å²) in [6, 6.07) is 19.1. The van der Waals surface area contributed by atoms with Crippen LogP contribution in [0.4, 0.5) is 0 Å². The zero-order chi connectivity index (χ0) is 24.7. The van der Waals surface area contributed by atoms with E-state index in [4.69, 9.17) is 19.1 Å². The molecular weight excluding hydrogens is 468 g/mol. The molecule has 0 aliphatic heterocycles. The number of benzene rings is 2. The number of aromatic nitrogens is 1. The quantitative estimate of drug-likeness (QED) is 0.230. The molecule has 0 spiro atoms. The predicted molar refractivity (Wildman–Crippen MR) is 132 cm³/mol. The number of hydrogen-bond donors (Lipinski definition) is 2. The molecule has 8 nitrogen and oxygen atoms in total. The van der Waals surface area contributed by atoms with E-state index in [0.29, 0.717) is 12.3 Å². The van der Waals surface area contributed by atoms with Crippen LogP contribution in [0.2, 0.25) is 0 Å². The fourth-order valence-corrected chi connectivity index (χ4v) is 4.25. The van der Waals surface area contributed by atoms with Gasteiger partial charge in [-0.1, -0.05) is 47.6 Å². The third kappa shape index (κ3) is 6.56. The number of carboxylic acids is 1. The van der Waals surface area contributed by atoms with E-state index in [1.165, 1.54) is 0 Å². The third-order valence-electron chi connectivity index (χ3n) is 5.11. The summed E-state index contributed by atoms with van der Waals surface area (Å²) in [7, 11) is 0. The molecular formula is C26H24N2O6S. The molecule has 2 aromatic heterocycles. The zero-order valence-electron chi connectivity index (χ0n) is 19.0. The summed E-state index contributed by atoms with van der Waals surface area (Å²) in [6.07, 6.45) is 1.63. The Labute approximate surface area is 205 Å². The fraction of sp³-hybridized carbons (Fsp3) is 0.192. The standard InChI is InChI=1S/C26H24N2O6S/c1-26(33-23(31)11-10-22(29)30,16-27-15-18-6-3-2-4-7-18)17-32-20-9-5-8-19(14-20)24-25-21(34-28-24)12-13-35-25/h2-14,27H,15-17H2,1H3,(H,29,30)/t26-/m0/s1. The zero-order valence-corrected chi connectivity index (χ0v) is 19.8. The Morgan fingerprint density at radius 3 is 2.77 bits per heavy atom. The Bertz CT molecular complexity index is 1330. The number of carbonyl (C=O) groups is 2. The highest BCUT2D eigenvalue weighted by molar-refractivity contribution is 7.17. The highest BCUT2D eigenvalue weighted by Crippen LogP contribution is 2.33. The van der Waals surface area contributed by atoms with Gasteiger partial charge >= 0.3 is 11.9 Å². The number of aliphatic carboxylic acids is 1. The number of carbonyl (C=O) groups excluding carboxylic acids is 1. The van der Waals surface area contributed by atoms with Crippen LogP contribution in [0.15, 0.2) is 82.7 Å². The highest BCUT2D eigenvalue weighted by Gasteiger charge is 2.29. The Kier molecular flexibility index (Phi) is 7.59. The van der Waals surface area contributed by atoms with E-state index in [-0.39, 0.29) is 13.2 Å². The molecule has 4 rings (SSSR count). The van der Waals surface area contributed by atoms with Crippen LogP contribution < -0.4 is 10.1 Å². The van der Waals surface area contributed by atoms with E-state index < -0.39 is 17.5 Å². The number of carboxylic acid groups (broad SMARTS) is 1. The van der Waals surface area contributed by atoms with Crippen LogP contribution in [-0.2, 0) is 20.9 Å². The smallest absolute Gasteiger partial charge is 0.331 e. The minimum absolute atomic E-state index is 0.0398. The number of thiophene rings is 1. The lowest BCUT2D eigenvalue weighted by atomic mass is 10.1. The molecule has 2 N–H and O–H groups in total. The van der Waals surface area contributed by atoms with E-state index in [9.17, 15) is 9.59 Å². The van der Waals surface area contributed by atoms with E-state index >= 15 is 0 Å². The molecule has 0 unspecified atom stereocenters. The van der Waals surface area contributed by atoms with Crippen molar-refractivity contribution in [2.75, 3.05) is 13.2 Å². The molecule has 0 saturated heterocycles. The molecule has 9 heteroatoms. The van der Waals surface area contributed by atoms with Crippen LogP contribution in [0.5, 0.6) is 5.75 Å². The molecule has 2 heterocycles. The third-order valence-corrected chi connectivity index (χ3v) is 6.01. The first-order valence-electron chi connectivity index (χ1n) is 10.9. The van der Waals surface area contributed by atoms with Crippen LogP contribution in [0.1, 0.15) is 12.5 Å². The summed E-state index contributed by atoms with van der Waals surface area (Å²) >= 11 is 1.55. The number of rotatable bonds is 11. The lowest BCUT2D eigenvalue weighted by Gasteiger charge is -2.29. The molecule has 0 radical (unpaired) electrons. The van der Waals surface area contributed by atoms with Crippen molar-refractivity contribution in [3.63, 3.8) is 0 Å². The highest BCUT2D eigenvalue weighted by atomic mass is 32.1. The van der Waals surface area contributed by atoms with Crippen molar-refractivity contribution < 1.29 is 28.7 Å². The second-order valence-electron chi connectivity index (χ2n) is 8.09. The molecule has 180 valence electrons. The van der Waals surface area contributed by atoms with Crippen LogP contribution >= 0.6 is 11.3 Å². The first-order valence-corrected chi connectivity index (χ1v) is 11.7. The van der Waals surface area contributed by atoms with Crippen molar-refractivity contribution in [1.82, 2.24) is 10.5 Å². The van der Waals surface area contributed by atoms with Crippen molar-refractivity contribution in [2.45, 2.75) is 19.1 Å². The number of nitrogens with zero attached hydrogens (tertiary/aromatic N) is 1. The molecule has 0 bridgehead atoms. The fourth-order valence-electron chi connectivity index (χ4n) is 3.43. The summed E-state index contributed by atoms with van der Waals surface area (Å²) in [4.78, 5) is 23.0. The van der Waals surface area contributed by atoms with Crippen molar-refractivity contribution in [2.24, 2.45) is 0 Å². The number of ether oxygens (including phenoxy) is 2. The molecule has 0 saturated carbocycles. The van der Waals surface area contributed by atoms with Gasteiger partial charge in [0.2, 0.25) is 0 Å². The average Bonchev–Trinajstić information content (AvgIpc) is 3.47. The van der Waals surface area contributed by atoms with Crippen LogP contribution in [0.3, 0.4) is 0 Å². The molecule has 0 amide bonds. The van der Waals surface area contributed by atoms with Crippen LogP contribution in [-0.4, -0.2) is 41.0 Å². The van der Waals surface area contributed by atoms with Gasteiger partial charge in [-0.3, -0.25) is 0 Å². The van der Waals surface area contributed by atoms with Gasteiger partial charge in [-0.25, -0.2) is 9.59 Å². The Hall–Kier alpha value is -3.95. The summed E-state index contributed by atoms with van der Waals surface area (Å²) in [5, 5.41) is 18.2. The van der Waals surface area contributed by atoms with Crippen molar-refractivity contribution >= 4 is 33.6 Å². The van der Waals surface area contributed by atoms with Gasteiger partial charge in [-0.2, -0.15) is 0 Å². The summed E-state index contributed by atoms with van der Waals surface area (Å²) < 4.78 is 17.9. The predicted octanol–water partition coefficient (Wildman–Crippen LogP) is 4.67. The second kappa shape index (κ2) is 11.0. The molecule has 2 aromatic carbocycles. The van der Waals surface area contributed by atoms with Gasteiger partial charge in [0, 0.05) is 30.8 Å². The van der Waals surface area contributed by atoms with Gasteiger partial charge in [0.05, 0.1) is 0 Å². The Balaban J connectivity index is 1.46. The maximum Gasteiger partial charge on any atom is 0.331 e. The largest absolute Gasteiger partial charge is 0.489 e. The molecule has 35 heavy (non-hydrogen) atoms. The maximum absolute atomic E-state index is 12.2. The van der Waals surface area contributed by atoms with Crippen LogP contribution in [0.25, 0.3) is 21.5 Å². The molecule has 1 atom stereocenters. The minimum atomic E-state index is -1.23. The SMILES string of the molecule is C[C@](CNCc1ccccc1)(COc1cccc(-c2noc3ccsc23)c1)OC(=O)C=CC(=O)O. The van der Waals surface area contributed by atoms with Crippen molar-refractivity contribution in [3.05, 3.63) is 83.8 Å². The first kappa shape index (κ1) is 24.2. The molecule has 4 aromatic rings. The van der Waals surface area contributed by atoms with Gasteiger partial charge in [-0.05, 0) is 36.1 Å². The lowest BCUT2D eigenvalue weighted by Crippen LogP contribution is -2.46. The van der Waals surface area contributed by atoms with Crippen molar-refractivity contribution in [1.29, 1.82) is 0 Å². The number of fused-ring (bicyclic) bond motifs is 1. The first-order chi connectivity index (χ1) is 16.9. The summed E-state index contributed by atoms with van der Waals surface area (Å²) in [5.41, 5.74) is 2.31. The number of esters is 1. The minimum Gasteiger partial charge on any atom is -0.489 e. The molecule has 0 fully saturated rings. The average molecular weight is 493 g/mol. The number of hydrogen-bond acceptors (Lipinski definition) is 8. The van der Waals surface area contributed by atoms with Gasteiger partial charge < -0.3 is 24.4 Å². The Morgan fingerprint density at radius 1 is 1.14 bits per heavy atom. The second-order valence-corrected chi connectivity index (χ2v) is 9.01. The van der Waals surface area contributed by atoms with Gasteiger partial charge in [0.15, 0.2) is 11.2 Å². The topological polar surface area (TPSA) is 111 Å². The van der Waals surface area contributed by atoms with Gasteiger partial charge in [0.25, 0.3) is 0 Å². The van der Waals surface area contributed by atoms with Gasteiger partial charge in [0.1, 0.15) is 22.8 Å². The maximum atomic E-state index is 12.2. The summed E-state index contributed by atoms with van der Waals surface area (Å²) in [5.74, 6) is -1.43. The van der Waals surface area contributed by atoms with Crippen LogP contribution in [0, 0.1) is 0 Å². The van der Waals surface area contributed by atoms with E-state index in [2.05, 4.69) is 10.5 Å². The van der Waals surface area contributed by atoms with E-state index in [1.807, 2.05) is 60.0 Å². The van der Waals surface area contributed by atoms with Gasteiger partial charge in [-0.15, -0.1) is 11.3 Å². The van der Waals surface area contributed by atoms with E-state index in [1.54, 1.807) is 24.3 Å². The van der Waals surface area contributed by atoms with Crippen molar-refractivity contribution in [3.8, 4) is 17.0 Å². The van der Waals surface area contributed by atoms with E-state index in [0.717, 1.165) is 39.3 Å². The Morgan fingerprint density at radius 2 is 1.97 bits per heavy atom. The molecule has 0 aliphatic rings. The summed E-state index contributed by atoms with van der Waals surface area (Å²) in [6.45, 7) is 2.62. The lowest BCUT2D eigenvalue weighted by molar-refractivity contribution is -0.154.